The summed E-state index contributed by atoms with van der Waals surface area (Å²) < 4.78 is 5.33. The molecule has 1 saturated heterocycles. The lowest BCUT2D eigenvalue weighted by Crippen LogP contribution is -2.35. The molecule has 4 nitrogen and oxygen atoms in total. The van der Waals surface area contributed by atoms with Crippen molar-refractivity contribution < 1.29 is 14.6 Å². The van der Waals surface area contributed by atoms with Gasteiger partial charge in [-0.2, -0.15) is 0 Å². The summed E-state index contributed by atoms with van der Waals surface area (Å²) in [5.41, 5.74) is 0.452. The van der Waals surface area contributed by atoms with Gasteiger partial charge in [0.05, 0.1) is 12.6 Å². The maximum atomic E-state index is 12.0. The second-order valence-electron chi connectivity index (χ2n) is 6.11. The van der Waals surface area contributed by atoms with Gasteiger partial charge in [0.15, 0.2) is 0 Å². The van der Waals surface area contributed by atoms with Crippen molar-refractivity contribution in [2.75, 3.05) is 13.1 Å². The van der Waals surface area contributed by atoms with Crippen molar-refractivity contribution in [3.05, 3.63) is 34.9 Å². The average molecular weight is 298 g/mol. The first-order chi connectivity index (χ1) is 9.26. The molecule has 20 heavy (non-hydrogen) atoms. The Bertz CT molecular complexity index is 481. The first-order valence-corrected chi connectivity index (χ1v) is 7.05. The van der Waals surface area contributed by atoms with Crippen molar-refractivity contribution in [2.45, 2.75) is 38.4 Å². The van der Waals surface area contributed by atoms with Crippen LogP contribution >= 0.6 is 11.6 Å². The second kappa shape index (κ2) is 5.62. The van der Waals surface area contributed by atoms with Crippen molar-refractivity contribution in [2.24, 2.45) is 0 Å². The molecule has 1 aromatic carbocycles. The van der Waals surface area contributed by atoms with Gasteiger partial charge in [0, 0.05) is 17.5 Å². The molecule has 0 aromatic heterocycles. The van der Waals surface area contributed by atoms with Gasteiger partial charge in [0.1, 0.15) is 5.60 Å². The summed E-state index contributed by atoms with van der Waals surface area (Å²) in [5.74, 6) is -0.0974. The summed E-state index contributed by atoms with van der Waals surface area (Å²) in [6.45, 7) is 6.23. The van der Waals surface area contributed by atoms with Gasteiger partial charge in [-0.05, 0) is 38.5 Å². The quantitative estimate of drug-likeness (QED) is 0.867. The summed E-state index contributed by atoms with van der Waals surface area (Å²) in [7, 11) is 0. The number of hydrogen-bond donors (Lipinski definition) is 1. The summed E-state index contributed by atoms with van der Waals surface area (Å²) in [6, 6.07) is 7.35. The number of aliphatic hydroxyl groups is 1. The number of halogens is 1. The average Bonchev–Trinajstić information content (AvgIpc) is 2.70. The number of aliphatic hydroxyl groups excluding tert-OH is 1. The number of hydrogen-bond acceptors (Lipinski definition) is 3. The molecule has 1 aliphatic rings. The highest BCUT2D eigenvalue weighted by Crippen LogP contribution is 2.29. The zero-order valence-corrected chi connectivity index (χ0v) is 12.7. The summed E-state index contributed by atoms with van der Waals surface area (Å²) >= 11 is 5.86. The van der Waals surface area contributed by atoms with E-state index in [0.717, 1.165) is 5.56 Å². The van der Waals surface area contributed by atoms with E-state index in [0.29, 0.717) is 18.1 Å². The Balaban J connectivity index is 2.05. The minimum atomic E-state index is -0.580. The largest absolute Gasteiger partial charge is 0.444 e. The fourth-order valence-corrected chi connectivity index (χ4v) is 2.43. The Morgan fingerprint density at radius 3 is 2.45 bits per heavy atom. The molecule has 1 amide bonds. The third kappa shape index (κ3) is 3.64. The molecule has 1 aromatic rings. The third-order valence-electron chi connectivity index (χ3n) is 3.24. The van der Waals surface area contributed by atoms with E-state index in [9.17, 15) is 9.90 Å². The number of nitrogens with zero attached hydrogens (tertiary/aromatic N) is 1. The van der Waals surface area contributed by atoms with E-state index in [1.54, 1.807) is 17.0 Å². The van der Waals surface area contributed by atoms with E-state index in [1.807, 2.05) is 32.9 Å². The topological polar surface area (TPSA) is 49.8 Å². The fourth-order valence-electron chi connectivity index (χ4n) is 2.30. The van der Waals surface area contributed by atoms with Gasteiger partial charge in [0.25, 0.3) is 0 Å². The zero-order valence-electron chi connectivity index (χ0n) is 12.0. The molecule has 110 valence electrons. The molecule has 0 spiro atoms. The molecule has 2 rings (SSSR count). The smallest absolute Gasteiger partial charge is 0.410 e. The molecule has 1 N–H and O–H groups in total. The van der Waals surface area contributed by atoms with Crippen LogP contribution in [0.2, 0.25) is 5.02 Å². The molecule has 5 heteroatoms. The Kier molecular flexibility index (Phi) is 4.25. The van der Waals surface area contributed by atoms with Crippen LogP contribution in [0.15, 0.2) is 24.3 Å². The maximum absolute atomic E-state index is 12.0. The first kappa shape index (κ1) is 15.1. The SMILES string of the molecule is CC(C)(C)OC(=O)N1CC(O)C(c2ccc(Cl)cc2)C1. The fraction of sp³-hybridized carbons (Fsp3) is 0.533. The van der Waals surface area contributed by atoms with Crippen LogP contribution in [0, 0.1) is 0 Å². The van der Waals surface area contributed by atoms with Gasteiger partial charge in [-0.15, -0.1) is 0 Å². The van der Waals surface area contributed by atoms with Crippen molar-refractivity contribution in [1.29, 1.82) is 0 Å². The number of carbonyl (C=O) groups excluding carboxylic acids is 1. The predicted molar refractivity (Wildman–Crippen MR) is 78.0 cm³/mol. The van der Waals surface area contributed by atoms with E-state index in [4.69, 9.17) is 16.3 Å². The lowest BCUT2D eigenvalue weighted by atomic mass is 9.96. The van der Waals surface area contributed by atoms with Crippen molar-refractivity contribution in [1.82, 2.24) is 4.90 Å². The van der Waals surface area contributed by atoms with Crippen LogP contribution in [0.5, 0.6) is 0 Å². The molecule has 0 saturated carbocycles. The van der Waals surface area contributed by atoms with E-state index in [2.05, 4.69) is 0 Å². The Morgan fingerprint density at radius 1 is 1.30 bits per heavy atom. The van der Waals surface area contributed by atoms with E-state index in [-0.39, 0.29) is 12.0 Å². The molecule has 1 heterocycles. The monoisotopic (exact) mass is 297 g/mol. The number of amides is 1. The van der Waals surface area contributed by atoms with Crippen LogP contribution in [0.3, 0.4) is 0 Å². The Morgan fingerprint density at radius 2 is 1.90 bits per heavy atom. The number of benzene rings is 1. The van der Waals surface area contributed by atoms with Gasteiger partial charge in [0.2, 0.25) is 0 Å². The van der Waals surface area contributed by atoms with Gasteiger partial charge >= 0.3 is 6.09 Å². The minimum absolute atomic E-state index is 0.0974. The molecule has 1 aliphatic heterocycles. The number of likely N-dealkylation sites (tertiary alicyclic amines) is 1. The van der Waals surface area contributed by atoms with Gasteiger partial charge < -0.3 is 14.7 Å². The maximum Gasteiger partial charge on any atom is 0.410 e. The van der Waals surface area contributed by atoms with Crippen LogP contribution in [0.4, 0.5) is 4.79 Å². The highest BCUT2D eigenvalue weighted by Gasteiger charge is 2.36. The van der Waals surface area contributed by atoms with Gasteiger partial charge in [-0.1, -0.05) is 23.7 Å². The molecular weight excluding hydrogens is 278 g/mol. The minimum Gasteiger partial charge on any atom is -0.444 e. The van der Waals surface area contributed by atoms with Crippen molar-refractivity contribution in [3.63, 3.8) is 0 Å². The highest BCUT2D eigenvalue weighted by atomic mass is 35.5. The van der Waals surface area contributed by atoms with E-state index >= 15 is 0 Å². The summed E-state index contributed by atoms with van der Waals surface area (Å²) in [5, 5.41) is 10.8. The molecule has 2 unspecified atom stereocenters. The van der Waals surface area contributed by atoms with Crippen LogP contribution < -0.4 is 0 Å². The number of ether oxygens (including phenoxy) is 1. The summed E-state index contributed by atoms with van der Waals surface area (Å²) in [4.78, 5) is 13.6. The highest BCUT2D eigenvalue weighted by molar-refractivity contribution is 6.30. The number of β-amino-alcohol motifs (C(OH)–C–C–N with tert-alkyl or cyclic N) is 1. The lowest BCUT2D eigenvalue weighted by Gasteiger charge is -2.24. The lowest BCUT2D eigenvalue weighted by molar-refractivity contribution is 0.0270. The molecule has 1 fully saturated rings. The number of rotatable bonds is 1. The number of carbonyl (C=O) groups is 1. The third-order valence-corrected chi connectivity index (χ3v) is 3.49. The molecule has 0 bridgehead atoms. The first-order valence-electron chi connectivity index (χ1n) is 6.68. The van der Waals surface area contributed by atoms with Crippen LogP contribution in [-0.2, 0) is 4.74 Å². The van der Waals surface area contributed by atoms with Crippen LogP contribution in [0.25, 0.3) is 0 Å². The Hall–Kier alpha value is -1.26. The molecule has 0 radical (unpaired) electrons. The second-order valence-corrected chi connectivity index (χ2v) is 6.55. The van der Waals surface area contributed by atoms with Gasteiger partial charge in [-0.3, -0.25) is 0 Å². The standard InChI is InChI=1S/C15H20ClNO3/c1-15(2,3)20-14(19)17-8-12(13(18)9-17)10-4-6-11(16)7-5-10/h4-7,12-13,18H,8-9H2,1-3H3. The predicted octanol–water partition coefficient (Wildman–Crippen LogP) is 3.04. The molecular formula is C15H20ClNO3. The van der Waals surface area contributed by atoms with E-state index in [1.165, 1.54) is 0 Å². The van der Waals surface area contributed by atoms with Gasteiger partial charge in [-0.25, -0.2) is 4.79 Å². The normalized spacial score (nSPS) is 22.9. The van der Waals surface area contributed by atoms with Crippen molar-refractivity contribution >= 4 is 17.7 Å². The Labute approximate surface area is 124 Å². The zero-order chi connectivity index (χ0) is 14.9. The van der Waals surface area contributed by atoms with Crippen LogP contribution in [-0.4, -0.2) is 40.9 Å². The van der Waals surface area contributed by atoms with E-state index < -0.39 is 11.7 Å². The molecule has 0 aliphatic carbocycles. The summed E-state index contributed by atoms with van der Waals surface area (Å²) in [6.07, 6.45) is -0.961. The molecule has 2 atom stereocenters. The van der Waals surface area contributed by atoms with Crippen LogP contribution in [0.1, 0.15) is 32.3 Å². The van der Waals surface area contributed by atoms with Crippen molar-refractivity contribution in [3.8, 4) is 0 Å².